The summed E-state index contributed by atoms with van der Waals surface area (Å²) in [5.41, 5.74) is 7.75. The van der Waals surface area contributed by atoms with E-state index in [1.807, 2.05) is 30.3 Å². The minimum Gasteiger partial charge on any atom is -0.459 e. The first-order valence-corrected chi connectivity index (χ1v) is 5.73. The highest BCUT2D eigenvalue weighted by Gasteiger charge is 2.13. The molecule has 3 rings (SSSR count). The Morgan fingerprint density at radius 1 is 1.00 bits per heavy atom. The summed E-state index contributed by atoms with van der Waals surface area (Å²) in [5.74, 6) is 0.415. The first-order valence-electron chi connectivity index (χ1n) is 5.73. The van der Waals surface area contributed by atoms with E-state index >= 15 is 0 Å². The summed E-state index contributed by atoms with van der Waals surface area (Å²) >= 11 is 0. The quantitative estimate of drug-likeness (QED) is 0.744. The van der Waals surface area contributed by atoms with Crippen LogP contribution < -0.4 is 5.73 Å². The monoisotopic (exact) mass is 241 g/mol. The zero-order valence-electron chi connectivity index (χ0n) is 9.64. The molecular formula is C15H12FNO. The van der Waals surface area contributed by atoms with Gasteiger partial charge in [-0.05, 0) is 29.8 Å². The van der Waals surface area contributed by atoms with Gasteiger partial charge in [-0.3, -0.25) is 0 Å². The molecule has 0 aliphatic carbocycles. The average Bonchev–Trinajstić information content (AvgIpc) is 2.82. The molecule has 2 nitrogen and oxygen atoms in total. The lowest BCUT2D eigenvalue weighted by Gasteiger charge is -2.08. The van der Waals surface area contributed by atoms with Crippen LogP contribution in [0.5, 0.6) is 0 Å². The number of fused-ring (bicyclic) bond motifs is 1. The molecule has 18 heavy (non-hydrogen) atoms. The van der Waals surface area contributed by atoms with E-state index in [9.17, 15) is 4.39 Å². The van der Waals surface area contributed by atoms with Crippen molar-refractivity contribution in [3.05, 3.63) is 71.7 Å². The van der Waals surface area contributed by atoms with Crippen LogP contribution in [0, 0.1) is 5.82 Å². The molecule has 0 fully saturated rings. The summed E-state index contributed by atoms with van der Waals surface area (Å²) in [4.78, 5) is 0. The predicted molar refractivity (Wildman–Crippen MR) is 68.6 cm³/mol. The minimum atomic E-state index is -0.377. The van der Waals surface area contributed by atoms with Crippen LogP contribution in [-0.4, -0.2) is 0 Å². The summed E-state index contributed by atoms with van der Waals surface area (Å²) in [7, 11) is 0. The molecule has 1 heterocycles. The number of nitrogens with two attached hydrogens (primary N) is 1. The van der Waals surface area contributed by atoms with E-state index in [4.69, 9.17) is 10.2 Å². The third-order valence-electron chi connectivity index (χ3n) is 2.98. The van der Waals surface area contributed by atoms with E-state index in [0.717, 1.165) is 16.5 Å². The standard InChI is InChI=1S/C15H12FNO/c16-12-7-5-10(6-8-12)15(17)14-9-11-3-1-2-4-13(11)18-14/h1-9,15H,17H2/t15-/m0/s1. The predicted octanol–water partition coefficient (Wildman–Crippen LogP) is 3.62. The number of hydrogen-bond acceptors (Lipinski definition) is 2. The molecule has 2 N–H and O–H groups in total. The second-order valence-corrected chi connectivity index (χ2v) is 4.22. The zero-order valence-corrected chi connectivity index (χ0v) is 9.64. The molecule has 0 aliphatic rings. The molecular weight excluding hydrogens is 229 g/mol. The highest BCUT2D eigenvalue weighted by atomic mass is 19.1. The van der Waals surface area contributed by atoms with Gasteiger partial charge in [0.15, 0.2) is 0 Å². The smallest absolute Gasteiger partial charge is 0.134 e. The van der Waals surface area contributed by atoms with Crippen LogP contribution in [0.3, 0.4) is 0 Å². The number of rotatable bonds is 2. The molecule has 90 valence electrons. The Kier molecular flexibility index (Phi) is 2.61. The van der Waals surface area contributed by atoms with Gasteiger partial charge in [0.25, 0.3) is 0 Å². The molecule has 0 unspecified atom stereocenters. The number of para-hydroxylation sites is 1. The second kappa shape index (κ2) is 4.27. The van der Waals surface area contributed by atoms with Gasteiger partial charge in [-0.15, -0.1) is 0 Å². The number of hydrogen-bond donors (Lipinski definition) is 1. The van der Waals surface area contributed by atoms with Crippen molar-refractivity contribution in [3.63, 3.8) is 0 Å². The third kappa shape index (κ3) is 1.89. The van der Waals surface area contributed by atoms with E-state index < -0.39 is 0 Å². The van der Waals surface area contributed by atoms with Crippen molar-refractivity contribution in [2.75, 3.05) is 0 Å². The molecule has 0 spiro atoms. The summed E-state index contributed by atoms with van der Waals surface area (Å²) in [6.45, 7) is 0. The van der Waals surface area contributed by atoms with Crippen molar-refractivity contribution < 1.29 is 8.81 Å². The fraction of sp³-hybridized carbons (Fsp3) is 0.0667. The highest BCUT2D eigenvalue weighted by molar-refractivity contribution is 5.77. The molecule has 0 aliphatic heterocycles. The van der Waals surface area contributed by atoms with Crippen molar-refractivity contribution in [1.29, 1.82) is 0 Å². The van der Waals surface area contributed by atoms with Crippen LogP contribution in [0.1, 0.15) is 17.4 Å². The Morgan fingerprint density at radius 2 is 1.72 bits per heavy atom. The number of furan rings is 1. The Bertz CT molecular complexity index is 639. The second-order valence-electron chi connectivity index (χ2n) is 4.22. The topological polar surface area (TPSA) is 39.2 Å². The summed E-state index contributed by atoms with van der Waals surface area (Å²) < 4.78 is 18.6. The van der Waals surface area contributed by atoms with Gasteiger partial charge >= 0.3 is 0 Å². The Labute approximate surface area is 104 Å². The fourth-order valence-electron chi connectivity index (χ4n) is 1.99. The Hall–Kier alpha value is -2.13. The molecule has 3 aromatic rings. The van der Waals surface area contributed by atoms with Gasteiger partial charge in [0.2, 0.25) is 0 Å². The van der Waals surface area contributed by atoms with Crippen LogP contribution in [0.15, 0.2) is 59.0 Å². The molecule has 1 atom stereocenters. The van der Waals surface area contributed by atoms with Gasteiger partial charge < -0.3 is 10.2 Å². The van der Waals surface area contributed by atoms with Crippen LogP contribution in [0.4, 0.5) is 4.39 Å². The van der Waals surface area contributed by atoms with E-state index in [2.05, 4.69) is 0 Å². The first-order chi connectivity index (χ1) is 8.74. The highest BCUT2D eigenvalue weighted by Crippen LogP contribution is 2.26. The normalized spacial score (nSPS) is 12.8. The van der Waals surface area contributed by atoms with Crippen LogP contribution in [-0.2, 0) is 0 Å². The molecule has 0 radical (unpaired) electrons. The maximum atomic E-state index is 12.9. The van der Waals surface area contributed by atoms with Gasteiger partial charge in [-0.1, -0.05) is 30.3 Å². The fourth-order valence-corrected chi connectivity index (χ4v) is 1.99. The molecule has 0 amide bonds. The summed E-state index contributed by atoms with van der Waals surface area (Å²) in [6.07, 6.45) is 0. The Morgan fingerprint density at radius 3 is 2.44 bits per heavy atom. The van der Waals surface area contributed by atoms with Crippen molar-refractivity contribution in [2.24, 2.45) is 5.73 Å². The molecule has 1 aromatic heterocycles. The maximum absolute atomic E-state index is 12.9. The summed E-state index contributed by atoms with van der Waals surface area (Å²) in [6, 6.07) is 15.4. The lowest BCUT2D eigenvalue weighted by Crippen LogP contribution is -2.10. The zero-order chi connectivity index (χ0) is 12.5. The van der Waals surface area contributed by atoms with E-state index in [-0.39, 0.29) is 11.9 Å². The lowest BCUT2D eigenvalue weighted by molar-refractivity contribution is 0.524. The van der Waals surface area contributed by atoms with E-state index in [1.165, 1.54) is 12.1 Å². The molecule has 2 aromatic carbocycles. The maximum Gasteiger partial charge on any atom is 0.134 e. The lowest BCUT2D eigenvalue weighted by atomic mass is 10.1. The van der Waals surface area contributed by atoms with Gasteiger partial charge in [-0.2, -0.15) is 0 Å². The Balaban J connectivity index is 2.00. The van der Waals surface area contributed by atoms with Crippen molar-refractivity contribution >= 4 is 11.0 Å². The van der Waals surface area contributed by atoms with E-state index in [1.54, 1.807) is 12.1 Å². The van der Waals surface area contributed by atoms with Crippen molar-refractivity contribution in [1.82, 2.24) is 0 Å². The molecule has 0 saturated heterocycles. The molecule has 0 saturated carbocycles. The van der Waals surface area contributed by atoms with Crippen molar-refractivity contribution in [3.8, 4) is 0 Å². The summed E-state index contributed by atoms with van der Waals surface area (Å²) in [5, 5.41) is 1.02. The SMILES string of the molecule is N[C@@H](c1ccc(F)cc1)c1cc2ccccc2o1. The molecule has 0 bridgehead atoms. The number of halogens is 1. The van der Waals surface area contributed by atoms with Crippen LogP contribution >= 0.6 is 0 Å². The minimum absolute atomic E-state index is 0.268. The van der Waals surface area contributed by atoms with Gasteiger partial charge in [0.1, 0.15) is 17.2 Å². The van der Waals surface area contributed by atoms with Crippen molar-refractivity contribution in [2.45, 2.75) is 6.04 Å². The number of benzene rings is 2. The third-order valence-corrected chi connectivity index (χ3v) is 2.98. The van der Waals surface area contributed by atoms with Crippen LogP contribution in [0.25, 0.3) is 11.0 Å². The van der Waals surface area contributed by atoms with Gasteiger partial charge in [0.05, 0.1) is 6.04 Å². The average molecular weight is 241 g/mol. The molecule has 3 heteroatoms. The first kappa shape index (κ1) is 11.0. The van der Waals surface area contributed by atoms with Gasteiger partial charge in [-0.25, -0.2) is 4.39 Å². The van der Waals surface area contributed by atoms with E-state index in [0.29, 0.717) is 5.76 Å². The van der Waals surface area contributed by atoms with Crippen LogP contribution in [0.2, 0.25) is 0 Å². The van der Waals surface area contributed by atoms with Gasteiger partial charge in [0, 0.05) is 5.39 Å². The largest absolute Gasteiger partial charge is 0.459 e.